The molecular formula is C29H28ClN3O. The van der Waals surface area contributed by atoms with Crippen LogP contribution in [0.3, 0.4) is 0 Å². The normalized spacial score (nSPS) is 15.0. The number of hydrogen-bond donors (Lipinski definition) is 1. The number of hydrogen-bond acceptors (Lipinski definition) is 1. The van der Waals surface area contributed by atoms with Gasteiger partial charge in [0.1, 0.15) is 0 Å². The molecule has 0 spiro atoms. The molecular weight excluding hydrogens is 442 g/mol. The number of aryl methyl sites for hydroxylation is 1. The van der Waals surface area contributed by atoms with Gasteiger partial charge in [0.15, 0.2) is 0 Å². The zero-order valence-corrected chi connectivity index (χ0v) is 20.4. The van der Waals surface area contributed by atoms with Crippen LogP contribution in [0.5, 0.6) is 0 Å². The lowest BCUT2D eigenvalue weighted by molar-refractivity contribution is 0.194. The van der Waals surface area contributed by atoms with E-state index in [0.29, 0.717) is 23.2 Å². The van der Waals surface area contributed by atoms with Crippen LogP contribution < -0.4 is 5.32 Å². The molecule has 1 aromatic heterocycles. The van der Waals surface area contributed by atoms with Crippen molar-refractivity contribution in [2.45, 2.75) is 39.3 Å². The molecule has 34 heavy (non-hydrogen) atoms. The standard InChI is InChI=1S/C29H28ClN3O/c1-19(2)21-11-13-22(14-12-21)28-27-9-6-16-32(27)26-8-5-4-7-23(26)18-33(28)29(34)31-25-15-10-20(3)17-24(25)30/h4-17,19,28H,18H2,1-3H3,(H,31,34)/t28-/m1/s1. The highest BCUT2D eigenvalue weighted by Gasteiger charge is 2.33. The first-order valence-electron chi connectivity index (χ1n) is 11.6. The van der Waals surface area contributed by atoms with Crippen molar-refractivity contribution in [3.8, 4) is 5.69 Å². The van der Waals surface area contributed by atoms with Gasteiger partial charge in [-0.1, -0.05) is 74.0 Å². The molecule has 1 atom stereocenters. The number of amides is 2. The number of urea groups is 1. The predicted octanol–water partition coefficient (Wildman–Crippen LogP) is 7.70. The Balaban J connectivity index is 1.61. The summed E-state index contributed by atoms with van der Waals surface area (Å²) in [5, 5.41) is 3.60. The third-order valence-corrected chi connectivity index (χ3v) is 6.82. The Bertz CT molecular complexity index is 1340. The fourth-order valence-electron chi connectivity index (χ4n) is 4.66. The molecule has 5 heteroatoms. The van der Waals surface area contributed by atoms with E-state index < -0.39 is 0 Å². The van der Waals surface area contributed by atoms with Gasteiger partial charge in [-0.15, -0.1) is 0 Å². The van der Waals surface area contributed by atoms with Crippen molar-refractivity contribution in [2.24, 2.45) is 0 Å². The zero-order valence-electron chi connectivity index (χ0n) is 19.6. The number of para-hydroxylation sites is 1. The number of carbonyl (C=O) groups is 1. The van der Waals surface area contributed by atoms with Gasteiger partial charge < -0.3 is 14.8 Å². The number of halogens is 1. The molecule has 172 valence electrons. The number of nitrogens with zero attached hydrogens (tertiary/aromatic N) is 2. The summed E-state index contributed by atoms with van der Waals surface area (Å²) < 4.78 is 2.20. The number of fused-ring (bicyclic) bond motifs is 3. The van der Waals surface area contributed by atoms with Crippen LogP contribution in [0, 0.1) is 6.92 Å². The maximum Gasteiger partial charge on any atom is 0.323 e. The summed E-state index contributed by atoms with van der Waals surface area (Å²) in [6.07, 6.45) is 2.07. The Morgan fingerprint density at radius 2 is 1.76 bits per heavy atom. The van der Waals surface area contributed by atoms with Gasteiger partial charge in [0, 0.05) is 11.9 Å². The molecule has 0 fully saturated rings. The Morgan fingerprint density at radius 3 is 2.50 bits per heavy atom. The molecule has 4 aromatic rings. The number of anilines is 1. The summed E-state index contributed by atoms with van der Waals surface area (Å²) in [5.41, 5.74) is 7.24. The van der Waals surface area contributed by atoms with E-state index in [-0.39, 0.29) is 12.1 Å². The fourth-order valence-corrected chi connectivity index (χ4v) is 4.94. The maximum absolute atomic E-state index is 13.8. The van der Waals surface area contributed by atoms with Gasteiger partial charge in [-0.05, 0) is 65.4 Å². The fraction of sp³-hybridized carbons (Fsp3) is 0.207. The smallest absolute Gasteiger partial charge is 0.318 e. The molecule has 1 aliphatic rings. The van der Waals surface area contributed by atoms with E-state index >= 15 is 0 Å². The molecule has 0 aliphatic carbocycles. The first kappa shape index (κ1) is 22.3. The van der Waals surface area contributed by atoms with E-state index in [1.807, 2.05) is 48.2 Å². The predicted molar refractivity (Wildman–Crippen MR) is 139 cm³/mol. The van der Waals surface area contributed by atoms with Crippen LogP contribution in [0.15, 0.2) is 85.1 Å². The van der Waals surface area contributed by atoms with Gasteiger partial charge in [-0.3, -0.25) is 0 Å². The van der Waals surface area contributed by atoms with E-state index in [4.69, 9.17) is 11.6 Å². The molecule has 2 amide bonds. The molecule has 0 bridgehead atoms. The maximum atomic E-state index is 13.8. The van der Waals surface area contributed by atoms with E-state index in [1.54, 1.807) is 0 Å². The lowest BCUT2D eigenvalue weighted by atomic mass is 9.97. The highest BCUT2D eigenvalue weighted by molar-refractivity contribution is 6.33. The molecule has 0 saturated heterocycles. The van der Waals surface area contributed by atoms with E-state index in [2.05, 4.69) is 72.4 Å². The van der Waals surface area contributed by atoms with E-state index in [0.717, 1.165) is 28.1 Å². The molecule has 5 rings (SSSR count). The number of benzene rings is 3. The lowest BCUT2D eigenvalue weighted by Gasteiger charge is -2.31. The average Bonchev–Trinajstić information content (AvgIpc) is 3.25. The molecule has 0 unspecified atom stereocenters. The van der Waals surface area contributed by atoms with Crippen molar-refractivity contribution in [1.82, 2.24) is 9.47 Å². The van der Waals surface area contributed by atoms with Crippen molar-refractivity contribution < 1.29 is 4.79 Å². The minimum atomic E-state index is -0.257. The van der Waals surface area contributed by atoms with Gasteiger partial charge in [-0.25, -0.2) is 4.79 Å². The van der Waals surface area contributed by atoms with Crippen LogP contribution in [0.4, 0.5) is 10.5 Å². The molecule has 3 aromatic carbocycles. The third-order valence-electron chi connectivity index (χ3n) is 6.51. The van der Waals surface area contributed by atoms with E-state index in [1.165, 1.54) is 5.56 Å². The Kier molecular flexibility index (Phi) is 5.93. The highest BCUT2D eigenvalue weighted by atomic mass is 35.5. The summed E-state index contributed by atoms with van der Waals surface area (Å²) in [6, 6.07) is 26.2. The second kappa shape index (κ2) is 9.03. The second-order valence-corrected chi connectivity index (χ2v) is 9.60. The van der Waals surface area contributed by atoms with Gasteiger partial charge in [0.05, 0.1) is 29.0 Å². The van der Waals surface area contributed by atoms with Crippen LogP contribution >= 0.6 is 11.6 Å². The summed E-state index contributed by atoms with van der Waals surface area (Å²) in [5.74, 6) is 0.444. The summed E-state index contributed by atoms with van der Waals surface area (Å²) >= 11 is 6.45. The monoisotopic (exact) mass is 469 g/mol. The zero-order chi connectivity index (χ0) is 23.8. The Labute approximate surface area is 205 Å². The van der Waals surface area contributed by atoms with Crippen molar-refractivity contribution in [1.29, 1.82) is 0 Å². The van der Waals surface area contributed by atoms with Crippen LogP contribution in [0.2, 0.25) is 5.02 Å². The van der Waals surface area contributed by atoms with Crippen LogP contribution in [0.25, 0.3) is 5.69 Å². The van der Waals surface area contributed by atoms with Crippen molar-refractivity contribution in [3.63, 3.8) is 0 Å². The highest BCUT2D eigenvalue weighted by Crippen LogP contribution is 2.37. The van der Waals surface area contributed by atoms with Gasteiger partial charge >= 0.3 is 6.03 Å². The third kappa shape index (κ3) is 4.10. The summed E-state index contributed by atoms with van der Waals surface area (Å²) in [6.45, 7) is 6.83. The van der Waals surface area contributed by atoms with E-state index in [9.17, 15) is 4.79 Å². The van der Waals surface area contributed by atoms with Crippen molar-refractivity contribution in [3.05, 3.63) is 118 Å². The minimum absolute atomic E-state index is 0.187. The van der Waals surface area contributed by atoms with Crippen LogP contribution in [-0.2, 0) is 6.54 Å². The minimum Gasteiger partial charge on any atom is -0.318 e. The van der Waals surface area contributed by atoms with Gasteiger partial charge in [0.2, 0.25) is 0 Å². The second-order valence-electron chi connectivity index (χ2n) is 9.20. The largest absolute Gasteiger partial charge is 0.323 e. The summed E-state index contributed by atoms with van der Waals surface area (Å²) in [4.78, 5) is 15.7. The molecule has 4 nitrogen and oxygen atoms in total. The first-order chi connectivity index (χ1) is 16.4. The number of rotatable bonds is 3. The molecule has 0 saturated carbocycles. The Morgan fingerprint density at radius 1 is 1.00 bits per heavy atom. The molecule has 1 N–H and O–H groups in total. The number of carbonyl (C=O) groups excluding carboxylic acids is 1. The Hall–Kier alpha value is -3.50. The SMILES string of the molecule is Cc1ccc(NC(=O)N2Cc3ccccc3-n3cccc3[C@H]2c2ccc(C(C)C)cc2)c(Cl)c1. The lowest BCUT2D eigenvalue weighted by Crippen LogP contribution is -2.38. The number of nitrogens with one attached hydrogen (secondary N) is 1. The quantitative estimate of drug-likeness (QED) is 0.328. The summed E-state index contributed by atoms with van der Waals surface area (Å²) in [7, 11) is 0. The van der Waals surface area contributed by atoms with Crippen LogP contribution in [-0.4, -0.2) is 15.5 Å². The molecule has 1 aliphatic heterocycles. The van der Waals surface area contributed by atoms with Crippen molar-refractivity contribution >= 4 is 23.3 Å². The van der Waals surface area contributed by atoms with Crippen molar-refractivity contribution in [2.75, 3.05) is 5.32 Å². The van der Waals surface area contributed by atoms with Gasteiger partial charge in [-0.2, -0.15) is 0 Å². The first-order valence-corrected chi connectivity index (χ1v) is 12.0. The van der Waals surface area contributed by atoms with Crippen LogP contribution in [0.1, 0.15) is 53.8 Å². The topological polar surface area (TPSA) is 37.3 Å². The molecule has 2 heterocycles. The van der Waals surface area contributed by atoms with Gasteiger partial charge in [0.25, 0.3) is 0 Å². The average molecular weight is 470 g/mol. The molecule has 0 radical (unpaired) electrons. The number of aromatic nitrogens is 1.